The molecule has 1 fully saturated rings. The summed E-state index contributed by atoms with van der Waals surface area (Å²) < 4.78 is 11.9. The van der Waals surface area contributed by atoms with E-state index in [-0.39, 0.29) is 0 Å². The van der Waals surface area contributed by atoms with Gasteiger partial charge in [-0.25, -0.2) is 0 Å². The number of ether oxygens (including phenoxy) is 2. The Morgan fingerprint density at radius 2 is 2.00 bits per heavy atom. The molecule has 0 amide bonds. The van der Waals surface area contributed by atoms with E-state index in [4.69, 9.17) is 9.47 Å². The lowest BCUT2D eigenvalue weighted by atomic mass is 9.90. The van der Waals surface area contributed by atoms with Gasteiger partial charge in [0.1, 0.15) is 0 Å². The van der Waals surface area contributed by atoms with Crippen LogP contribution in [-0.4, -0.2) is 19.9 Å². The molecule has 1 aromatic rings. The van der Waals surface area contributed by atoms with Gasteiger partial charge in [-0.1, -0.05) is 6.07 Å². The first-order valence-electron chi connectivity index (χ1n) is 5.65. The van der Waals surface area contributed by atoms with Gasteiger partial charge in [-0.3, -0.25) is 0 Å². The van der Waals surface area contributed by atoms with Crippen LogP contribution < -0.4 is 14.8 Å². The molecular formula is C12H14BrNO2. The van der Waals surface area contributed by atoms with Crippen LogP contribution in [0.15, 0.2) is 16.6 Å². The molecule has 0 bridgehead atoms. The molecule has 0 aliphatic carbocycles. The van der Waals surface area contributed by atoms with Crippen LogP contribution in [0.4, 0.5) is 0 Å². The van der Waals surface area contributed by atoms with Gasteiger partial charge in [0, 0.05) is 0 Å². The fourth-order valence-corrected chi connectivity index (χ4v) is 3.17. The van der Waals surface area contributed by atoms with Gasteiger partial charge in [0.2, 0.25) is 6.79 Å². The predicted octanol–water partition coefficient (Wildman–Crippen LogP) is 2.64. The van der Waals surface area contributed by atoms with Gasteiger partial charge in [-0.15, -0.1) is 0 Å². The molecule has 3 nitrogen and oxygen atoms in total. The van der Waals surface area contributed by atoms with Crippen LogP contribution in [0.25, 0.3) is 0 Å². The van der Waals surface area contributed by atoms with Crippen molar-refractivity contribution < 1.29 is 9.47 Å². The minimum atomic E-state index is 0.337. The quantitative estimate of drug-likeness (QED) is 0.860. The summed E-state index contributed by atoms with van der Waals surface area (Å²) >= 11 is 3.64. The zero-order valence-corrected chi connectivity index (χ0v) is 10.5. The maximum atomic E-state index is 5.48. The van der Waals surface area contributed by atoms with Crippen LogP contribution in [0.5, 0.6) is 11.5 Å². The Kier molecular flexibility index (Phi) is 2.77. The second-order valence-electron chi connectivity index (χ2n) is 4.23. The summed E-state index contributed by atoms with van der Waals surface area (Å²) in [4.78, 5) is 0. The van der Waals surface area contributed by atoms with Crippen molar-refractivity contribution in [1.29, 1.82) is 0 Å². The van der Waals surface area contributed by atoms with E-state index < -0.39 is 0 Å². The Labute approximate surface area is 103 Å². The number of benzene rings is 1. The highest BCUT2D eigenvalue weighted by Gasteiger charge is 2.24. The molecule has 1 aromatic carbocycles. The molecule has 3 rings (SSSR count). The van der Waals surface area contributed by atoms with Crippen LogP contribution in [0.1, 0.15) is 24.3 Å². The van der Waals surface area contributed by atoms with Gasteiger partial charge in [-0.2, -0.15) is 0 Å². The minimum absolute atomic E-state index is 0.337. The molecule has 2 heterocycles. The number of piperidine rings is 1. The van der Waals surface area contributed by atoms with Crippen molar-refractivity contribution in [2.75, 3.05) is 19.9 Å². The van der Waals surface area contributed by atoms with E-state index in [0.717, 1.165) is 29.1 Å². The molecule has 0 spiro atoms. The highest BCUT2D eigenvalue weighted by molar-refractivity contribution is 9.10. The Hall–Kier alpha value is -0.740. The summed E-state index contributed by atoms with van der Waals surface area (Å²) in [5, 5.41) is 3.39. The number of rotatable bonds is 1. The molecule has 0 radical (unpaired) electrons. The third kappa shape index (κ3) is 1.70. The van der Waals surface area contributed by atoms with Crippen molar-refractivity contribution in [3.63, 3.8) is 0 Å². The van der Waals surface area contributed by atoms with E-state index >= 15 is 0 Å². The van der Waals surface area contributed by atoms with Crippen LogP contribution in [-0.2, 0) is 0 Å². The summed E-state index contributed by atoms with van der Waals surface area (Å²) in [6, 6.07) is 4.18. The van der Waals surface area contributed by atoms with Crippen molar-refractivity contribution in [3.05, 3.63) is 22.2 Å². The highest BCUT2D eigenvalue weighted by atomic mass is 79.9. The molecule has 0 unspecified atom stereocenters. The van der Waals surface area contributed by atoms with Gasteiger partial charge >= 0.3 is 0 Å². The molecule has 86 valence electrons. The summed E-state index contributed by atoms with van der Waals surface area (Å²) in [6.07, 6.45) is 2.39. The van der Waals surface area contributed by atoms with E-state index in [1.165, 1.54) is 18.4 Å². The van der Waals surface area contributed by atoms with Crippen LogP contribution in [0.3, 0.4) is 0 Å². The predicted molar refractivity (Wildman–Crippen MR) is 65.1 cm³/mol. The lowest BCUT2D eigenvalue weighted by molar-refractivity contribution is 0.173. The number of nitrogens with one attached hydrogen (secondary N) is 1. The number of halogens is 1. The first kappa shape index (κ1) is 10.4. The van der Waals surface area contributed by atoms with Gasteiger partial charge in [0.25, 0.3) is 0 Å². The number of hydrogen-bond donors (Lipinski definition) is 1. The van der Waals surface area contributed by atoms with Gasteiger partial charge < -0.3 is 14.8 Å². The van der Waals surface area contributed by atoms with Crippen molar-refractivity contribution in [2.45, 2.75) is 18.8 Å². The van der Waals surface area contributed by atoms with Crippen molar-refractivity contribution in [2.24, 2.45) is 0 Å². The average molecular weight is 284 g/mol. The SMILES string of the molecule is Brc1c(C2CCNCC2)ccc2c1OCO2. The molecule has 0 atom stereocenters. The Balaban J connectivity index is 1.95. The second kappa shape index (κ2) is 4.26. The van der Waals surface area contributed by atoms with Crippen LogP contribution in [0.2, 0.25) is 0 Å². The first-order chi connectivity index (χ1) is 7.86. The molecule has 2 aliphatic heterocycles. The summed E-state index contributed by atoms with van der Waals surface area (Å²) in [5.74, 6) is 2.35. The molecule has 0 saturated carbocycles. The van der Waals surface area contributed by atoms with Crippen LogP contribution in [0, 0.1) is 0 Å². The maximum absolute atomic E-state index is 5.48. The van der Waals surface area contributed by atoms with E-state index in [2.05, 4.69) is 27.3 Å². The number of hydrogen-bond acceptors (Lipinski definition) is 3. The van der Waals surface area contributed by atoms with E-state index in [0.29, 0.717) is 12.7 Å². The van der Waals surface area contributed by atoms with Crippen molar-refractivity contribution in [3.8, 4) is 11.5 Å². The third-order valence-corrected chi connectivity index (χ3v) is 4.11. The fraction of sp³-hybridized carbons (Fsp3) is 0.500. The van der Waals surface area contributed by atoms with Crippen molar-refractivity contribution >= 4 is 15.9 Å². The second-order valence-corrected chi connectivity index (χ2v) is 5.02. The normalized spacial score (nSPS) is 20.1. The largest absolute Gasteiger partial charge is 0.454 e. The van der Waals surface area contributed by atoms with Gasteiger partial charge in [0.05, 0.1) is 4.47 Å². The van der Waals surface area contributed by atoms with Crippen molar-refractivity contribution in [1.82, 2.24) is 5.32 Å². The molecule has 1 saturated heterocycles. The summed E-state index contributed by atoms with van der Waals surface area (Å²) in [7, 11) is 0. The smallest absolute Gasteiger partial charge is 0.231 e. The summed E-state index contributed by atoms with van der Waals surface area (Å²) in [5.41, 5.74) is 1.35. The lowest BCUT2D eigenvalue weighted by Gasteiger charge is -2.24. The summed E-state index contributed by atoms with van der Waals surface area (Å²) in [6.45, 7) is 2.54. The maximum Gasteiger partial charge on any atom is 0.231 e. The van der Waals surface area contributed by atoms with E-state index in [1.54, 1.807) is 0 Å². The highest BCUT2D eigenvalue weighted by Crippen LogP contribution is 2.44. The van der Waals surface area contributed by atoms with Gasteiger partial charge in [0.15, 0.2) is 11.5 Å². The molecule has 1 N–H and O–H groups in total. The topological polar surface area (TPSA) is 30.5 Å². The molecule has 4 heteroatoms. The monoisotopic (exact) mass is 283 g/mol. The fourth-order valence-electron chi connectivity index (χ4n) is 2.40. The molecule has 0 aromatic heterocycles. The van der Waals surface area contributed by atoms with E-state index in [1.807, 2.05) is 6.07 Å². The van der Waals surface area contributed by atoms with Crippen LogP contribution >= 0.6 is 15.9 Å². The molecule has 16 heavy (non-hydrogen) atoms. The Morgan fingerprint density at radius 3 is 2.81 bits per heavy atom. The number of fused-ring (bicyclic) bond motifs is 1. The zero-order chi connectivity index (χ0) is 11.0. The van der Waals surface area contributed by atoms with E-state index in [9.17, 15) is 0 Å². The molecule has 2 aliphatic rings. The third-order valence-electron chi connectivity index (χ3n) is 3.29. The Morgan fingerprint density at radius 1 is 1.19 bits per heavy atom. The zero-order valence-electron chi connectivity index (χ0n) is 8.96. The first-order valence-corrected chi connectivity index (χ1v) is 6.44. The minimum Gasteiger partial charge on any atom is -0.454 e. The molecular weight excluding hydrogens is 270 g/mol. The van der Waals surface area contributed by atoms with Gasteiger partial charge in [-0.05, 0) is 59.4 Å². The lowest BCUT2D eigenvalue weighted by Crippen LogP contribution is -2.26. The average Bonchev–Trinajstić information content (AvgIpc) is 2.80. The standard InChI is InChI=1S/C12H14BrNO2/c13-11-9(8-3-5-14-6-4-8)1-2-10-12(11)16-7-15-10/h1-2,8,14H,3-7H2. The Bertz CT molecular complexity index is 402.